The van der Waals surface area contributed by atoms with Gasteiger partial charge >= 0.3 is 0 Å². The zero-order chi connectivity index (χ0) is 16.4. The van der Waals surface area contributed by atoms with Crippen molar-refractivity contribution in [1.29, 1.82) is 0 Å². The summed E-state index contributed by atoms with van der Waals surface area (Å²) < 4.78 is 0. The molecule has 0 rings (SSSR count). The molecule has 0 aromatic heterocycles. The fourth-order valence-corrected chi connectivity index (χ4v) is 1.84. The number of ketones is 1. The maximum absolute atomic E-state index is 11.0. The number of hydrogen-bond acceptors (Lipinski definition) is 7. The summed E-state index contributed by atoms with van der Waals surface area (Å²) in [4.78, 5) is 11.0. The Hall–Kier alpha value is -0.570. The number of hydrogen-bond donors (Lipinski definition) is 6. The first-order valence-corrected chi connectivity index (χ1v) is 7.35. The van der Waals surface area contributed by atoms with Crippen LogP contribution in [0.3, 0.4) is 0 Å². The lowest BCUT2D eigenvalue weighted by Crippen LogP contribution is -2.49. The van der Waals surface area contributed by atoms with E-state index in [1.54, 1.807) is 6.92 Å². The second-order valence-corrected chi connectivity index (χ2v) is 5.51. The molecule has 0 amide bonds. The molecule has 0 aromatic carbocycles. The van der Waals surface area contributed by atoms with Crippen LogP contribution in [-0.2, 0) is 4.79 Å². The molecule has 7 nitrogen and oxygen atoms in total. The number of aliphatic hydroxyl groups excluding tert-OH is 5. The molecule has 0 aliphatic carbocycles. The molecule has 0 saturated heterocycles. The van der Waals surface area contributed by atoms with E-state index in [4.69, 9.17) is 10.2 Å². The molecule has 126 valence electrons. The smallest absolute Gasteiger partial charge is 0.132 e. The van der Waals surface area contributed by atoms with Crippen molar-refractivity contribution in [3.05, 3.63) is 0 Å². The Morgan fingerprint density at radius 1 is 1.05 bits per heavy atom. The Kier molecular flexibility index (Phi) is 10.8. The lowest BCUT2D eigenvalue weighted by Gasteiger charge is -2.25. The minimum Gasteiger partial charge on any atom is -0.394 e. The Morgan fingerprint density at radius 2 is 1.62 bits per heavy atom. The van der Waals surface area contributed by atoms with E-state index < -0.39 is 31.0 Å². The van der Waals surface area contributed by atoms with Gasteiger partial charge in [-0.1, -0.05) is 13.3 Å². The van der Waals surface area contributed by atoms with Crippen LogP contribution in [0.4, 0.5) is 0 Å². The predicted molar refractivity (Wildman–Crippen MR) is 77.7 cm³/mol. The quantitative estimate of drug-likeness (QED) is 0.240. The highest BCUT2D eigenvalue weighted by Gasteiger charge is 2.29. The van der Waals surface area contributed by atoms with Crippen LogP contribution in [-0.4, -0.2) is 75.4 Å². The van der Waals surface area contributed by atoms with Crippen LogP contribution in [0.5, 0.6) is 0 Å². The third kappa shape index (κ3) is 8.45. The Balaban J connectivity index is 3.74. The summed E-state index contributed by atoms with van der Waals surface area (Å²) in [6.07, 6.45) is -3.30. The van der Waals surface area contributed by atoms with E-state index in [9.17, 15) is 20.1 Å². The second-order valence-electron chi connectivity index (χ2n) is 5.51. The van der Waals surface area contributed by atoms with Gasteiger partial charge < -0.3 is 30.8 Å². The Bertz CT molecular complexity index is 289. The summed E-state index contributed by atoms with van der Waals surface area (Å²) in [5.74, 6) is 0.241. The van der Waals surface area contributed by atoms with Gasteiger partial charge in [-0.05, 0) is 26.3 Å². The zero-order valence-electron chi connectivity index (χ0n) is 12.8. The van der Waals surface area contributed by atoms with Crippen LogP contribution < -0.4 is 5.32 Å². The summed E-state index contributed by atoms with van der Waals surface area (Å²) >= 11 is 0. The lowest BCUT2D eigenvalue weighted by molar-refractivity contribution is -0.120. The van der Waals surface area contributed by atoms with Crippen molar-refractivity contribution in [1.82, 2.24) is 5.32 Å². The predicted octanol–water partition coefficient (Wildman–Crippen LogP) is -1.59. The molecule has 6 N–H and O–H groups in total. The number of unbranched alkanes of at least 4 members (excludes halogenated alkanes) is 1. The minimum atomic E-state index is -1.59. The van der Waals surface area contributed by atoms with Crippen molar-refractivity contribution in [3.8, 4) is 0 Å². The molecule has 0 aliphatic rings. The van der Waals surface area contributed by atoms with Crippen molar-refractivity contribution >= 4 is 5.78 Å². The summed E-state index contributed by atoms with van der Waals surface area (Å²) in [6, 6.07) is 0. The molecular weight excluding hydrogens is 278 g/mol. The van der Waals surface area contributed by atoms with Gasteiger partial charge in [0.1, 0.15) is 24.1 Å². The topological polar surface area (TPSA) is 130 Å². The van der Waals surface area contributed by atoms with Crippen molar-refractivity contribution in [3.63, 3.8) is 0 Å². The van der Waals surface area contributed by atoms with Crippen LogP contribution in [0, 0.1) is 5.92 Å². The monoisotopic (exact) mass is 307 g/mol. The second kappa shape index (κ2) is 11.1. The van der Waals surface area contributed by atoms with Gasteiger partial charge in [0.15, 0.2) is 0 Å². The Morgan fingerprint density at radius 3 is 2.14 bits per heavy atom. The number of Topliss-reactive ketones (excluding diaryl/α,β-unsaturated/α-hetero) is 1. The standard InChI is InChI=1S/C14H29NO6/c1-9(10(2)17)5-3-4-6-15-7-11(18)13(20)14(21)12(19)8-16/h9,11-16,18-21H,3-8H2,1-2H3/t9-,11?,12?,13?,14?/m0/s1. The van der Waals surface area contributed by atoms with E-state index in [0.29, 0.717) is 6.54 Å². The molecule has 0 heterocycles. The molecule has 7 heteroatoms. The minimum absolute atomic E-state index is 0.0625. The third-order valence-electron chi connectivity index (χ3n) is 3.61. The summed E-state index contributed by atoms with van der Waals surface area (Å²) in [7, 11) is 0. The highest BCUT2D eigenvalue weighted by molar-refractivity contribution is 5.77. The van der Waals surface area contributed by atoms with E-state index in [1.807, 2.05) is 6.92 Å². The van der Waals surface area contributed by atoms with Gasteiger partial charge in [0.25, 0.3) is 0 Å². The Labute approximate surface area is 125 Å². The molecule has 4 unspecified atom stereocenters. The van der Waals surface area contributed by atoms with Crippen molar-refractivity contribution in [2.45, 2.75) is 57.5 Å². The maximum atomic E-state index is 11.0. The summed E-state index contributed by atoms with van der Waals surface area (Å²) in [5, 5.41) is 49.4. The molecular formula is C14H29NO6. The number of rotatable bonds is 12. The molecule has 0 bridgehead atoms. The molecule has 21 heavy (non-hydrogen) atoms. The van der Waals surface area contributed by atoms with Gasteiger partial charge in [0, 0.05) is 12.5 Å². The molecule has 0 saturated carbocycles. The first-order valence-electron chi connectivity index (χ1n) is 7.35. The first-order chi connectivity index (χ1) is 9.81. The molecule has 0 radical (unpaired) electrons. The number of nitrogens with one attached hydrogen (secondary N) is 1. The molecule has 5 atom stereocenters. The largest absolute Gasteiger partial charge is 0.394 e. The van der Waals surface area contributed by atoms with E-state index in [-0.39, 0.29) is 18.2 Å². The fourth-order valence-electron chi connectivity index (χ4n) is 1.84. The normalized spacial score (nSPS) is 18.8. The van der Waals surface area contributed by atoms with Gasteiger partial charge in [-0.25, -0.2) is 0 Å². The van der Waals surface area contributed by atoms with Crippen LogP contribution >= 0.6 is 0 Å². The highest BCUT2D eigenvalue weighted by Crippen LogP contribution is 2.08. The lowest BCUT2D eigenvalue weighted by atomic mass is 10.0. The van der Waals surface area contributed by atoms with Crippen LogP contribution in [0.1, 0.15) is 33.1 Å². The van der Waals surface area contributed by atoms with Crippen molar-refractivity contribution < 1.29 is 30.3 Å². The van der Waals surface area contributed by atoms with Crippen LogP contribution in [0.15, 0.2) is 0 Å². The van der Waals surface area contributed by atoms with Crippen molar-refractivity contribution in [2.75, 3.05) is 19.7 Å². The maximum Gasteiger partial charge on any atom is 0.132 e. The van der Waals surface area contributed by atoms with Crippen LogP contribution in [0.25, 0.3) is 0 Å². The molecule has 0 aromatic rings. The number of carbonyl (C=O) groups is 1. The SMILES string of the molecule is CC(=O)[C@@H](C)CCCCNCC(O)C(O)C(O)C(O)CO. The highest BCUT2D eigenvalue weighted by atomic mass is 16.4. The molecule has 0 fully saturated rings. The van der Waals surface area contributed by atoms with E-state index in [0.717, 1.165) is 19.3 Å². The summed E-state index contributed by atoms with van der Waals surface area (Å²) in [5.41, 5.74) is 0. The first kappa shape index (κ1) is 20.4. The van der Waals surface area contributed by atoms with Crippen LogP contribution in [0.2, 0.25) is 0 Å². The molecule has 0 aliphatic heterocycles. The van der Waals surface area contributed by atoms with E-state index >= 15 is 0 Å². The van der Waals surface area contributed by atoms with Crippen molar-refractivity contribution in [2.24, 2.45) is 5.92 Å². The summed E-state index contributed by atoms with van der Waals surface area (Å²) in [6.45, 7) is 3.47. The van der Waals surface area contributed by atoms with Gasteiger partial charge in [0.05, 0.1) is 12.7 Å². The average molecular weight is 307 g/mol. The molecule has 0 spiro atoms. The number of carbonyl (C=O) groups excluding carboxylic acids is 1. The van der Waals surface area contributed by atoms with E-state index in [1.165, 1.54) is 0 Å². The fraction of sp³-hybridized carbons (Fsp3) is 0.929. The van der Waals surface area contributed by atoms with Gasteiger partial charge in [-0.3, -0.25) is 4.79 Å². The average Bonchev–Trinajstić information content (AvgIpc) is 2.47. The number of aliphatic hydroxyl groups is 5. The van der Waals surface area contributed by atoms with Gasteiger partial charge in [-0.2, -0.15) is 0 Å². The zero-order valence-corrected chi connectivity index (χ0v) is 12.8. The van der Waals surface area contributed by atoms with Gasteiger partial charge in [-0.15, -0.1) is 0 Å². The van der Waals surface area contributed by atoms with Gasteiger partial charge in [0.2, 0.25) is 0 Å². The third-order valence-corrected chi connectivity index (χ3v) is 3.61. The van der Waals surface area contributed by atoms with E-state index in [2.05, 4.69) is 5.32 Å².